The number of hydrogen-bond acceptors (Lipinski definition) is 5. The zero-order valence-corrected chi connectivity index (χ0v) is 13.5. The van der Waals surface area contributed by atoms with Crippen molar-refractivity contribution in [1.29, 1.82) is 0 Å². The molecule has 0 N–H and O–H groups in total. The quantitative estimate of drug-likeness (QED) is 0.480. The first-order valence-corrected chi connectivity index (χ1v) is 7.53. The van der Waals surface area contributed by atoms with Crippen LogP contribution < -0.4 is 0 Å². The maximum Gasteiger partial charge on any atom is 0.338 e. The van der Waals surface area contributed by atoms with Crippen LogP contribution in [0.1, 0.15) is 31.1 Å². The third kappa shape index (κ3) is 5.02. The first-order valence-electron chi connectivity index (χ1n) is 6.33. The summed E-state index contributed by atoms with van der Waals surface area (Å²) in [7, 11) is 0. The van der Waals surface area contributed by atoms with Gasteiger partial charge in [0.05, 0.1) is 5.56 Å². The van der Waals surface area contributed by atoms with Crippen LogP contribution in [0.5, 0.6) is 0 Å². The van der Waals surface area contributed by atoms with Gasteiger partial charge in [0.25, 0.3) is 0 Å². The molecule has 1 heterocycles. The van der Waals surface area contributed by atoms with Crippen LogP contribution in [0.2, 0.25) is 5.28 Å². The van der Waals surface area contributed by atoms with Crippen molar-refractivity contribution in [2.75, 3.05) is 0 Å². The molecule has 2 aromatic rings. The number of halogens is 1. The molecule has 0 amide bonds. The van der Waals surface area contributed by atoms with E-state index < -0.39 is 5.60 Å². The van der Waals surface area contributed by atoms with Gasteiger partial charge in [-0.25, -0.2) is 14.8 Å². The zero-order chi connectivity index (χ0) is 15.5. The molecular weight excluding hydrogens is 308 g/mol. The van der Waals surface area contributed by atoms with Crippen molar-refractivity contribution in [1.82, 2.24) is 9.97 Å². The van der Waals surface area contributed by atoms with E-state index in [2.05, 4.69) is 9.97 Å². The minimum absolute atomic E-state index is 0.197. The summed E-state index contributed by atoms with van der Waals surface area (Å²) in [4.78, 5) is 20.9. The maximum absolute atomic E-state index is 12.0. The van der Waals surface area contributed by atoms with E-state index in [1.165, 1.54) is 11.8 Å². The fourth-order valence-corrected chi connectivity index (χ4v) is 2.55. The Labute approximate surface area is 132 Å². The summed E-state index contributed by atoms with van der Waals surface area (Å²) in [6.07, 6.45) is 1.59. The zero-order valence-electron chi connectivity index (χ0n) is 12.0. The van der Waals surface area contributed by atoms with E-state index in [1.807, 2.05) is 32.9 Å². The van der Waals surface area contributed by atoms with Gasteiger partial charge in [0.15, 0.2) is 0 Å². The van der Waals surface area contributed by atoms with Crippen LogP contribution in [0, 0.1) is 0 Å². The van der Waals surface area contributed by atoms with Crippen LogP contribution in [-0.4, -0.2) is 21.5 Å². The molecule has 2 rings (SSSR count). The lowest BCUT2D eigenvalue weighted by molar-refractivity contribution is 0.00692. The summed E-state index contributed by atoms with van der Waals surface area (Å²) in [6, 6.07) is 8.97. The highest BCUT2D eigenvalue weighted by atomic mass is 35.5. The standard InChI is InChI=1S/C15H15ClN2O2S/c1-15(2,3)20-13(19)10-5-4-6-11(9-10)21-12-7-8-17-14(16)18-12/h4-9H,1-3H3. The minimum atomic E-state index is -0.513. The molecule has 4 nitrogen and oxygen atoms in total. The number of aromatic nitrogens is 2. The van der Waals surface area contributed by atoms with Gasteiger partial charge in [-0.15, -0.1) is 0 Å². The Morgan fingerprint density at radius 3 is 2.71 bits per heavy atom. The van der Waals surface area contributed by atoms with Crippen molar-refractivity contribution < 1.29 is 9.53 Å². The van der Waals surface area contributed by atoms with Gasteiger partial charge in [-0.3, -0.25) is 0 Å². The highest BCUT2D eigenvalue weighted by Gasteiger charge is 2.18. The molecule has 0 saturated heterocycles. The number of carbonyl (C=O) groups excluding carboxylic acids is 1. The van der Waals surface area contributed by atoms with Crippen LogP contribution >= 0.6 is 23.4 Å². The van der Waals surface area contributed by atoms with Crippen LogP contribution in [0.3, 0.4) is 0 Å². The van der Waals surface area contributed by atoms with E-state index in [-0.39, 0.29) is 11.3 Å². The van der Waals surface area contributed by atoms with E-state index in [9.17, 15) is 4.79 Å². The second-order valence-electron chi connectivity index (χ2n) is 5.30. The molecule has 0 aliphatic heterocycles. The third-order valence-electron chi connectivity index (χ3n) is 2.29. The van der Waals surface area contributed by atoms with Gasteiger partial charge < -0.3 is 4.74 Å². The Hall–Kier alpha value is -1.59. The largest absolute Gasteiger partial charge is 0.456 e. The fraction of sp³-hybridized carbons (Fsp3) is 0.267. The highest BCUT2D eigenvalue weighted by molar-refractivity contribution is 7.99. The molecule has 110 valence electrons. The lowest BCUT2D eigenvalue weighted by atomic mass is 10.2. The lowest BCUT2D eigenvalue weighted by Gasteiger charge is -2.19. The summed E-state index contributed by atoms with van der Waals surface area (Å²) in [5.41, 5.74) is -0.00415. The van der Waals surface area contributed by atoms with E-state index in [0.717, 1.165) is 9.92 Å². The summed E-state index contributed by atoms with van der Waals surface area (Å²) < 4.78 is 5.35. The molecule has 0 unspecified atom stereocenters. The van der Waals surface area contributed by atoms with E-state index >= 15 is 0 Å². The van der Waals surface area contributed by atoms with Gasteiger partial charge in [-0.05, 0) is 56.6 Å². The van der Waals surface area contributed by atoms with Gasteiger partial charge in [0.2, 0.25) is 5.28 Å². The van der Waals surface area contributed by atoms with Crippen molar-refractivity contribution in [3.63, 3.8) is 0 Å². The van der Waals surface area contributed by atoms with E-state index in [4.69, 9.17) is 16.3 Å². The van der Waals surface area contributed by atoms with Gasteiger partial charge in [-0.2, -0.15) is 0 Å². The molecule has 21 heavy (non-hydrogen) atoms. The SMILES string of the molecule is CC(C)(C)OC(=O)c1cccc(Sc2ccnc(Cl)n2)c1. The second kappa shape index (κ2) is 6.45. The third-order valence-corrected chi connectivity index (χ3v) is 3.40. The number of nitrogens with zero attached hydrogens (tertiary/aromatic N) is 2. The molecule has 0 spiro atoms. The molecule has 0 aliphatic carbocycles. The van der Waals surface area contributed by atoms with Crippen molar-refractivity contribution in [2.24, 2.45) is 0 Å². The Morgan fingerprint density at radius 2 is 2.05 bits per heavy atom. The summed E-state index contributed by atoms with van der Waals surface area (Å²) in [5.74, 6) is -0.342. The number of esters is 1. The van der Waals surface area contributed by atoms with Gasteiger partial charge in [-0.1, -0.05) is 17.8 Å². The maximum atomic E-state index is 12.0. The Balaban J connectivity index is 2.16. The summed E-state index contributed by atoms with van der Waals surface area (Å²) >= 11 is 7.16. The number of hydrogen-bond donors (Lipinski definition) is 0. The molecule has 0 atom stereocenters. The summed E-state index contributed by atoms with van der Waals surface area (Å²) in [6.45, 7) is 5.52. The second-order valence-corrected chi connectivity index (χ2v) is 6.73. The van der Waals surface area contributed by atoms with Gasteiger partial charge in [0, 0.05) is 11.1 Å². The smallest absolute Gasteiger partial charge is 0.338 e. The van der Waals surface area contributed by atoms with Crippen molar-refractivity contribution in [3.05, 3.63) is 47.4 Å². The van der Waals surface area contributed by atoms with Crippen LogP contribution in [0.15, 0.2) is 46.5 Å². The van der Waals surface area contributed by atoms with Crippen molar-refractivity contribution >= 4 is 29.3 Å². The molecule has 1 aromatic carbocycles. The normalized spacial score (nSPS) is 11.2. The Morgan fingerprint density at radius 1 is 1.29 bits per heavy atom. The van der Waals surface area contributed by atoms with Crippen LogP contribution in [-0.2, 0) is 4.74 Å². The monoisotopic (exact) mass is 322 g/mol. The molecule has 1 aromatic heterocycles. The average Bonchev–Trinajstić information content (AvgIpc) is 2.37. The Bertz CT molecular complexity index is 656. The highest BCUT2D eigenvalue weighted by Crippen LogP contribution is 2.27. The number of carbonyl (C=O) groups is 1. The fourth-order valence-electron chi connectivity index (χ4n) is 1.52. The summed E-state index contributed by atoms with van der Waals surface area (Å²) in [5, 5.41) is 0.916. The predicted molar refractivity (Wildman–Crippen MR) is 82.8 cm³/mol. The van der Waals surface area contributed by atoms with Crippen molar-refractivity contribution in [3.8, 4) is 0 Å². The molecule has 0 aliphatic rings. The first kappa shape index (κ1) is 15.8. The Kier molecular flexibility index (Phi) is 4.85. The topological polar surface area (TPSA) is 52.1 Å². The van der Waals surface area contributed by atoms with E-state index in [1.54, 1.807) is 24.4 Å². The first-order chi connectivity index (χ1) is 9.83. The molecule has 0 bridgehead atoms. The molecule has 0 fully saturated rings. The minimum Gasteiger partial charge on any atom is -0.456 e. The van der Waals surface area contributed by atoms with Gasteiger partial charge in [0.1, 0.15) is 10.6 Å². The average molecular weight is 323 g/mol. The number of benzene rings is 1. The van der Waals surface area contributed by atoms with Crippen LogP contribution in [0.25, 0.3) is 0 Å². The molecule has 0 radical (unpaired) electrons. The van der Waals surface area contributed by atoms with E-state index in [0.29, 0.717) is 5.56 Å². The number of rotatable bonds is 3. The molecule has 0 saturated carbocycles. The lowest BCUT2D eigenvalue weighted by Crippen LogP contribution is -2.23. The molecule has 6 heteroatoms. The predicted octanol–water partition coefficient (Wildman–Crippen LogP) is 4.24. The molecular formula is C15H15ClN2O2S. The number of ether oxygens (including phenoxy) is 1. The van der Waals surface area contributed by atoms with Crippen molar-refractivity contribution in [2.45, 2.75) is 36.3 Å². The van der Waals surface area contributed by atoms with Crippen LogP contribution in [0.4, 0.5) is 0 Å². The van der Waals surface area contributed by atoms with Gasteiger partial charge >= 0.3 is 5.97 Å².